The van der Waals surface area contributed by atoms with E-state index in [1.54, 1.807) is 21.1 Å². The summed E-state index contributed by atoms with van der Waals surface area (Å²) in [7, 11) is 3.25. The SMILES string of the molecule is COc1cc2c(cc1OC)CN([C@@H](C)C(=O)N[C@](C)(C#N)C(C)C)CC2. The number of nitrogens with one attached hydrogen (secondary N) is 1. The second kappa shape index (κ2) is 7.96. The molecular weight excluding hydrogens is 330 g/mol. The van der Waals surface area contributed by atoms with E-state index in [-0.39, 0.29) is 17.9 Å². The number of ether oxygens (including phenoxy) is 2. The molecule has 0 saturated carbocycles. The second-order valence-corrected chi connectivity index (χ2v) is 7.33. The molecule has 0 radical (unpaired) electrons. The van der Waals surface area contributed by atoms with Crippen molar-refractivity contribution < 1.29 is 14.3 Å². The van der Waals surface area contributed by atoms with E-state index < -0.39 is 5.54 Å². The monoisotopic (exact) mass is 359 g/mol. The fraction of sp³-hybridized carbons (Fsp3) is 0.600. The predicted molar refractivity (Wildman–Crippen MR) is 100 cm³/mol. The molecule has 0 bridgehead atoms. The lowest BCUT2D eigenvalue weighted by atomic mass is 9.89. The minimum atomic E-state index is -0.865. The zero-order valence-corrected chi connectivity index (χ0v) is 16.5. The van der Waals surface area contributed by atoms with Crippen LogP contribution in [0.25, 0.3) is 0 Å². The van der Waals surface area contributed by atoms with Crippen LogP contribution in [0.1, 0.15) is 38.8 Å². The molecule has 2 rings (SSSR count). The van der Waals surface area contributed by atoms with Crippen LogP contribution >= 0.6 is 0 Å². The van der Waals surface area contributed by atoms with Gasteiger partial charge >= 0.3 is 0 Å². The lowest BCUT2D eigenvalue weighted by Crippen LogP contribution is -2.55. The number of carbonyl (C=O) groups is 1. The largest absolute Gasteiger partial charge is 0.493 e. The van der Waals surface area contributed by atoms with Crippen molar-refractivity contribution in [2.24, 2.45) is 5.92 Å². The van der Waals surface area contributed by atoms with Gasteiger partial charge < -0.3 is 14.8 Å². The van der Waals surface area contributed by atoms with Crippen molar-refractivity contribution >= 4 is 5.91 Å². The Bertz CT molecular complexity index is 711. The van der Waals surface area contributed by atoms with Crippen molar-refractivity contribution in [3.05, 3.63) is 23.3 Å². The van der Waals surface area contributed by atoms with E-state index in [0.717, 1.165) is 24.3 Å². The van der Waals surface area contributed by atoms with Gasteiger partial charge in [0.25, 0.3) is 0 Å². The standard InChI is InChI=1S/C20H29N3O3/c1-13(2)20(4,12-21)22-19(24)14(3)23-8-7-15-9-17(25-5)18(26-6)10-16(15)11-23/h9-10,13-14H,7-8,11H2,1-6H3,(H,22,24)/t14-,20+/m0/s1. The summed E-state index contributed by atoms with van der Waals surface area (Å²) in [5.41, 5.74) is 1.49. The van der Waals surface area contributed by atoms with E-state index >= 15 is 0 Å². The number of hydrogen-bond acceptors (Lipinski definition) is 5. The molecule has 1 N–H and O–H groups in total. The molecule has 0 unspecified atom stereocenters. The summed E-state index contributed by atoms with van der Waals surface area (Å²) in [4.78, 5) is 14.8. The van der Waals surface area contributed by atoms with E-state index in [1.165, 1.54) is 5.56 Å². The molecule has 1 aromatic rings. The Balaban J connectivity index is 2.15. The Kier molecular flexibility index (Phi) is 6.14. The maximum atomic E-state index is 12.7. The Morgan fingerprint density at radius 3 is 2.31 bits per heavy atom. The highest BCUT2D eigenvalue weighted by atomic mass is 16.5. The van der Waals surface area contributed by atoms with Gasteiger partial charge in [-0.3, -0.25) is 9.69 Å². The molecule has 0 saturated heterocycles. The number of rotatable bonds is 6. The lowest BCUT2D eigenvalue weighted by Gasteiger charge is -2.35. The maximum Gasteiger partial charge on any atom is 0.238 e. The lowest BCUT2D eigenvalue weighted by molar-refractivity contribution is -0.127. The third-order valence-corrected chi connectivity index (χ3v) is 5.44. The Morgan fingerprint density at radius 2 is 1.81 bits per heavy atom. The van der Waals surface area contributed by atoms with Gasteiger partial charge in [-0.1, -0.05) is 13.8 Å². The quantitative estimate of drug-likeness (QED) is 0.845. The molecule has 1 heterocycles. The number of methoxy groups -OCH3 is 2. The van der Waals surface area contributed by atoms with Gasteiger partial charge in [0.2, 0.25) is 5.91 Å². The Hall–Kier alpha value is -2.26. The number of fused-ring (bicyclic) bond motifs is 1. The smallest absolute Gasteiger partial charge is 0.238 e. The first kappa shape index (κ1) is 20.1. The number of benzene rings is 1. The molecule has 6 heteroatoms. The summed E-state index contributed by atoms with van der Waals surface area (Å²) in [5.74, 6) is 1.34. The number of amides is 1. The number of nitriles is 1. The van der Waals surface area contributed by atoms with Gasteiger partial charge in [0.1, 0.15) is 5.54 Å². The minimum absolute atomic E-state index is 0.0301. The van der Waals surface area contributed by atoms with Crippen LogP contribution in [-0.4, -0.2) is 43.2 Å². The first-order chi connectivity index (χ1) is 12.3. The van der Waals surface area contributed by atoms with Crippen LogP contribution in [-0.2, 0) is 17.8 Å². The van der Waals surface area contributed by atoms with E-state index in [4.69, 9.17) is 9.47 Å². The van der Waals surface area contributed by atoms with Crippen LogP contribution in [0.15, 0.2) is 12.1 Å². The molecule has 1 amide bonds. The predicted octanol–water partition coefficient (Wildman–Crippen LogP) is 2.50. The number of nitrogens with zero attached hydrogens (tertiary/aromatic N) is 2. The van der Waals surface area contributed by atoms with Crippen molar-refractivity contribution in [3.8, 4) is 17.6 Å². The van der Waals surface area contributed by atoms with Crippen LogP contribution in [0, 0.1) is 17.2 Å². The van der Waals surface area contributed by atoms with E-state index in [1.807, 2.05) is 32.9 Å². The Labute approximate surface area is 156 Å². The second-order valence-electron chi connectivity index (χ2n) is 7.33. The molecule has 0 spiro atoms. The summed E-state index contributed by atoms with van der Waals surface area (Å²) < 4.78 is 10.8. The van der Waals surface area contributed by atoms with Crippen molar-refractivity contribution in [1.29, 1.82) is 5.26 Å². The normalized spacial score (nSPS) is 17.6. The van der Waals surface area contributed by atoms with Crippen molar-refractivity contribution in [1.82, 2.24) is 10.2 Å². The summed E-state index contributed by atoms with van der Waals surface area (Å²) in [6, 6.07) is 5.91. The molecule has 1 aromatic carbocycles. The van der Waals surface area contributed by atoms with Crippen LogP contribution in [0.5, 0.6) is 11.5 Å². The molecular formula is C20H29N3O3. The van der Waals surface area contributed by atoms with Gasteiger partial charge in [0, 0.05) is 13.1 Å². The van der Waals surface area contributed by atoms with Crippen LogP contribution in [0.3, 0.4) is 0 Å². The van der Waals surface area contributed by atoms with E-state index in [9.17, 15) is 10.1 Å². The van der Waals surface area contributed by atoms with Gasteiger partial charge in [-0.25, -0.2) is 0 Å². The highest BCUT2D eigenvalue weighted by molar-refractivity contribution is 5.82. The molecule has 1 aliphatic rings. The third-order valence-electron chi connectivity index (χ3n) is 5.44. The van der Waals surface area contributed by atoms with Crippen LogP contribution in [0.4, 0.5) is 0 Å². The molecule has 6 nitrogen and oxygen atoms in total. The molecule has 26 heavy (non-hydrogen) atoms. The fourth-order valence-electron chi connectivity index (χ4n) is 3.06. The van der Waals surface area contributed by atoms with Crippen LogP contribution in [0.2, 0.25) is 0 Å². The van der Waals surface area contributed by atoms with Gasteiger partial charge in [0.05, 0.1) is 26.3 Å². The molecule has 0 aliphatic carbocycles. The first-order valence-corrected chi connectivity index (χ1v) is 8.96. The number of hydrogen-bond donors (Lipinski definition) is 1. The molecule has 0 aromatic heterocycles. The molecule has 2 atom stereocenters. The molecule has 0 fully saturated rings. The molecule has 1 aliphatic heterocycles. The average Bonchev–Trinajstić information content (AvgIpc) is 2.65. The van der Waals surface area contributed by atoms with Gasteiger partial charge in [-0.05, 0) is 49.4 Å². The van der Waals surface area contributed by atoms with E-state index in [0.29, 0.717) is 12.3 Å². The maximum absolute atomic E-state index is 12.7. The average molecular weight is 359 g/mol. The highest BCUT2D eigenvalue weighted by Crippen LogP contribution is 2.33. The summed E-state index contributed by atoms with van der Waals surface area (Å²) in [5, 5.41) is 12.3. The van der Waals surface area contributed by atoms with Crippen molar-refractivity contribution in [2.45, 2.75) is 52.2 Å². The van der Waals surface area contributed by atoms with Crippen LogP contribution < -0.4 is 14.8 Å². The summed E-state index contributed by atoms with van der Waals surface area (Å²) >= 11 is 0. The Morgan fingerprint density at radius 1 is 1.23 bits per heavy atom. The number of carbonyl (C=O) groups excluding carboxylic acids is 1. The first-order valence-electron chi connectivity index (χ1n) is 8.96. The highest BCUT2D eigenvalue weighted by Gasteiger charge is 2.34. The van der Waals surface area contributed by atoms with Gasteiger partial charge in [0.15, 0.2) is 11.5 Å². The van der Waals surface area contributed by atoms with E-state index in [2.05, 4.69) is 16.3 Å². The zero-order valence-electron chi connectivity index (χ0n) is 16.5. The van der Waals surface area contributed by atoms with Gasteiger partial charge in [-0.15, -0.1) is 0 Å². The van der Waals surface area contributed by atoms with Crippen molar-refractivity contribution in [2.75, 3.05) is 20.8 Å². The summed E-state index contributed by atoms with van der Waals surface area (Å²) in [6.45, 7) is 8.97. The summed E-state index contributed by atoms with van der Waals surface area (Å²) in [6.07, 6.45) is 0.840. The minimum Gasteiger partial charge on any atom is -0.493 e. The topological polar surface area (TPSA) is 74.6 Å². The molecule has 142 valence electrons. The zero-order chi connectivity index (χ0) is 19.5. The van der Waals surface area contributed by atoms with Crippen molar-refractivity contribution in [3.63, 3.8) is 0 Å². The third kappa shape index (κ3) is 3.94. The van der Waals surface area contributed by atoms with Gasteiger partial charge in [-0.2, -0.15) is 5.26 Å². The fourth-order valence-corrected chi connectivity index (χ4v) is 3.06.